The van der Waals surface area contributed by atoms with Gasteiger partial charge in [-0.25, -0.2) is 0 Å². The van der Waals surface area contributed by atoms with Crippen LogP contribution in [0.3, 0.4) is 0 Å². The maximum absolute atomic E-state index is 9.53. The standard InChI is InChI=1S/C16H20N4O/c1-2-6-12-14-13(10-7-4-3-5-8-10)11(9-17)15(18)21-16(14)20-19-12/h3-4,10,13H,2,5-8,18H2,1H3,(H,19,20)/t10-,13-/m1/s1. The van der Waals surface area contributed by atoms with Gasteiger partial charge in [-0.15, -0.1) is 5.10 Å². The number of H-pyrrole nitrogens is 1. The molecule has 2 atom stereocenters. The first-order valence-electron chi connectivity index (χ1n) is 7.56. The molecule has 5 heteroatoms. The van der Waals surface area contributed by atoms with Gasteiger partial charge in [0, 0.05) is 17.2 Å². The number of aromatic nitrogens is 2. The van der Waals surface area contributed by atoms with Crippen LogP contribution in [-0.4, -0.2) is 10.2 Å². The third-order valence-electron chi connectivity index (χ3n) is 4.34. The van der Waals surface area contributed by atoms with E-state index in [0.717, 1.165) is 43.4 Å². The van der Waals surface area contributed by atoms with Crippen molar-refractivity contribution in [2.45, 2.75) is 44.9 Å². The topological polar surface area (TPSA) is 87.7 Å². The molecule has 2 heterocycles. The molecule has 3 rings (SSSR count). The second-order valence-electron chi connectivity index (χ2n) is 5.68. The number of hydrogen-bond acceptors (Lipinski definition) is 4. The van der Waals surface area contributed by atoms with E-state index in [1.807, 2.05) is 0 Å². The van der Waals surface area contributed by atoms with Crippen LogP contribution in [-0.2, 0) is 6.42 Å². The highest BCUT2D eigenvalue weighted by Crippen LogP contribution is 2.46. The lowest BCUT2D eigenvalue weighted by atomic mass is 9.74. The molecule has 21 heavy (non-hydrogen) atoms. The summed E-state index contributed by atoms with van der Waals surface area (Å²) in [7, 11) is 0. The summed E-state index contributed by atoms with van der Waals surface area (Å²) in [6, 6.07) is 2.26. The number of aromatic amines is 1. The lowest BCUT2D eigenvalue weighted by molar-refractivity contribution is 0.339. The molecular formula is C16H20N4O. The van der Waals surface area contributed by atoms with Crippen LogP contribution in [0.1, 0.15) is 49.8 Å². The number of fused-ring (bicyclic) bond motifs is 1. The minimum Gasteiger partial charge on any atom is -0.420 e. The van der Waals surface area contributed by atoms with Gasteiger partial charge < -0.3 is 10.5 Å². The van der Waals surface area contributed by atoms with Gasteiger partial charge in [-0.3, -0.25) is 5.10 Å². The van der Waals surface area contributed by atoms with Gasteiger partial charge in [0.1, 0.15) is 6.07 Å². The van der Waals surface area contributed by atoms with Gasteiger partial charge in [0.25, 0.3) is 0 Å². The van der Waals surface area contributed by atoms with E-state index in [1.165, 1.54) is 0 Å². The Morgan fingerprint density at radius 3 is 3.05 bits per heavy atom. The van der Waals surface area contributed by atoms with Crippen molar-refractivity contribution < 1.29 is 4.74 Å². The second kappa shape index (κ2) is 5.65. The molecule has 0 saturated carbocycles. The molecule has 0 spiro atoms. The maximum Gasteiger partial charge on any atom is 0.243 e. The summed E-state index contributed by atoms with van der Waals surface area (Å²) in [6.07, 6.45) is 9.43. The lowest BCUT2D eigenvalue weighted by Gasteiger charge is -2.31. The van der Waals surface area contributed by atoms with E-state index in [1.54, 1.807) is 0 Å². The van der Waals surface area contributed by atoms with E-state index in [9.17, 15) is 5.26 Å². The van der Waals surface area contributed by atoms with E-state index in [0.29, 0.717) is 17.4 Å². The first-order chi connectivity index (χ1) is 10.3. The van der Waals surface area contributed by atoms with Crippen LogP contribution in [0.15, 0.2) is 23.6 Å². The summed E-state index contributed by atoms with van der Waals surface area (Å²) in [5.41, 5.74) is 8.63. The van der Waals surface area contributed by atoms with Gasteiger partial charge in [0.15, 0.2) is 0 Å². The largest absolute Gasteiger partial charge is 0.420 e. The quantitative estimate of drug-likeness (QED) is 0.835. The van der Waals surface area contributed by atoms with Crippen molar-refractivity contribution in [1.82, 2.24) is 10.2 Å². The first-order valence-corrected chi connectivity index (χ1v) is 7.56. The lowest BCUT2D eigenvalue weighted by Crippen LogP contribution is -2.26. The van der Waals surface area contributed by atoms with Crippen LogP contribution in [0.25, 0.3) is 0 Å². The Hall–Kier alpha value is -2.22. The molecule has 0 radical (unpaired) electrons. The molecule has 1 aromatic rings. The third kappa shape index (κ3) is 2.31. The van der Waals surface area contributed by atoms with Crippen molar-refractivity contribution >= 4 is 0 Å². The molecule has 1 aliphatic carbocycles. The van der Waals surface area contributed by atoms with Gasteiger partial charge in [-0.1, -0.05) is 25.5 Å². The highest BCUT2D eigenvalue weighted by molar-refractivity contribution is 5.49. The molecule has 1 aromatic heterocycles. The Bertz CT molecular complexity index is 635. The normalized spacial score (nSPS) is 24.4. The summed E-state index contributed by atoms with van der Waals surface area (Å²) in [4.78, 5) is 0. The second-order valence-corrected chi connectivity index (χ2v) is 5.68. The van der Waals surface area contributed by atoms with E-state index in [2.05, 4.69) is 35.3 Å². The molecule has 1 aliphatic heterocycles. The molecule has 3 N–H and O–H groups in total. The predicted octanol–water partition coefficient (Wildman–Crippen LogP) is 2.89. The van der Waals surface area contributed by atoms with E-state index >= 15 is 0 Å². The van der Waals surface area contributed by atoms with Crippen molar-refractivity contribution in [2.24, 2.45) is 11.7 Å². The predicted molar refractivity (Wildman–Crippen MR) is 79.3 cm³/mol. The fourth-order valence-electron chi connectivity index (χ4n) is 3.38. The van der Waals surface area contributed by atoms with Gasteiger partial charge in [0.2, 0.25) is 11.8 Å². The van der Waals surface area contributed by atoms with E-state index in [-0.39, 0.29) is 11.8 Å². The fourth-order valence-corrected chi connectivity index (χ4v) is 3.38. The zero-order chi connectivity index (χ0) is 14.8. The molecule has 0 unspecified atom stereocenters. The SMILES string of the molecule is CCCc1[nH]nc2c1[C@H]([C@@H]1CC=CCC1)C(C#N)=C(N)O2. The van der Waals surface area contributed by atoms with Crippen LogP contribution in [0.5, 0.6) is 5.88 Å². The molecular weight excluding hydrogens is 264 g/mol. The zero-order valence-corrected chi connectivity index (χ0v) is 12.2. The number of nitriles is 1. The van der Waals surface area contributed by atoms with Crippen LogP contribution in [0.2, 0.25) is 0 Å². The fraction of sp³-hybridized carbons (Fsp3) is 0.500. The number of nitrogens with zero attached hydrogens (tertiary/aromatic N) is 2. The van der Waals surface area contributed by atoms with Crippen molar-refractivity contribution in [1.29, 1.82) is 5.26 Å². The Morgan fingerprint density at radius 1 is 1.52 bits per heavy atom. The number of nitrogens with one attached hydrogen (secondary N) is 1. The average Bonchev–Trinajstić information content (AvgIpc) is 2.89. The number of aryl methyl sites for hydroxylation is 1. The zero-order valence-electron chi connectivity index (χ0n) is 12.2. The first kappa shape index (κ1) is 13.7. The Kier molecular flexibility index (Phi) is 3.70. The van der Waals surface area contributed by atoms with Crippen molar-refractivity contribution in [3.63, 3.8) is 0 Å². The summed E-state index contributed by atoms with van der Waals surface area (Å²) in [5, 5.41) is 16.8. The van der Waals surface area contributed by atoms with Crippen molar-refractivity contribution in [2.75, 3.05) is 0 Å². The number of ether oxygens (including phenoxy) is 1. The van der Waals surface area contributed by atoms with Gasteiger partial charge in [0.05, 0.1) is 5.57 Å². The molecule has 5 nitrogen and oxygen atoms in total. The van der Waals surface area contributed by atoms with Crippen LogP contribution < -0.4 is 10.5 Å². The van der Waals surface area contributed by atoms with Crippen LogP contribution >= 0.6 is 0 Å². The van der Waals surface area contributed by atoms with Gasteiger partial charge in [-0.05, 0) is 31.6 Å². The minimum absolute atomic E-state index is 0.00370. The smallest absolute Gasteiger partial charge is 0.243 e. The van der Waals surface area contributed by atoms with Crippen molar-refractivity contribution in [3.05, 3.63) is 34.9 Å². The molecule has 0 aromatic carbocycles. The van der Waals surface area contributed by atoms with Gasteiger partial charge >= 0.3 is 0 Å². The molecule has 0 bridgehead atoms. The van der Waals surface area contributed by atoms with Crippen LogP contribution in [0.4, 0.5) is 0 Å². The Balaban J connectivity index is 2.07. The van der Waals surface area contributed by atoms with Gasteiger partial charge in [-0.2, -0.15) is 5.26 Å². The number of hydrogen-bond donors (Lipinski definition) is 2. The average molecular weight is 284 g/mol. The highest BCUT2D eigenvalue weighted by atomic mass is 16.5. The Labute approximate surface area is 124 Å². The molecule has 0 fully saturated rings. The summed E-state index contributed by atoms with van der Waals surface area (Å²) >= 11 is 0. The number of nitrogens with two attached hydrogens (primary N) is 1. The van der Waals surface area contributed by atoms with E-state index in [4.69, 9.17) is 10.5 Å². The van der Waals surface area contributed by atoms with Crippen LogP contribution in [0, 0.1) is 17.2 Å². The summed E-state index contributed by atoms with van der Waals surface area (Å²) < 4.78 is 5.56. The van der Waals surface area contributed by atoms with Crippen molar-refractivity contribution in [3.8, 4) is 11.9 Å². The van der Waals surface area contributed by atoms with E-state index < -0.39 is 0 Å². The maximum atomic E-state index is 9.53. The highest BCUT2D eigenvalue weighted by Gasteiger charge is 2.38. The number of allylic oxidation sites excluding steroid dienone is 3. The summed E-state index contributed by atoms with van der Waals surface area (Å²) in [5.74, 6) is 1.15. The molecule has 0 amide bonds. The molecule has 0 saturated heterocycles. The molecule has 2 aliphatic rings. The number of rotatable bonds is 3. The summed E-state index contributed by atoms with van der Waals surface area (Å²) in [6.45, 7) is 2.13. The monoisotopic (exact) mass is 284 g/mol. The minimum atomic E-state index is 0.00370. The molecule has 110 valence electrons. The Morgan fingerprint density at radius 2 is 2.38 bits per heavy atom. The third-order valence-corrected chi connectivity index (χ3v) is 4.34.